The lowest BCUT2D eigenvalue weighted by molar-refractivity contribution is -0.137. The molecule has 4 rings (SSSR count). The molecule has 6 nitrogen and oxygen atoms in total. The predicted octanol–water partition coefficient (Wildman–Crippen LogP) is 5.21. The van der Waals surface area contributed by atoms with Gasteiger partial charge in [-0.25, -0.2) is 4.79 Å². The Kier molecular flexibility index (Phi) is 6.60. The van der Waals surface area contributed by atoms with Crippen LogP contribution in [-0.4, -0.2) is 34.8 Å². The summed E-state index contributed by atoms with van der Waals surface area (Å²) in [6.45, 7) is 10.4. The summed E-state index contributed by atoms with van der Waals surface area (Å²) in [5.74, 6) is 0.110. The van der Waals surface area contributed by atoms with Gasteiger partial charge in [0.05, 0.1) is 6.04 Å². The molecule has 182 valence electrons. The van der Waals surface area contributed by atoms with Gasteiger partial charge in [0.1, 0.15) is 12.1 Å². The van der Waals surface area contributed by atoms with Gasteiger partial charge < -0.3 is 10.6 Å². The number of imide groups is 1. The normalized spacial score (nSPS) is 25.0. The minimum absolute atomic E-state index is 0.0503. The molecule has 7 heteroatoms. The van der Waals surface area contributed by atoms with Crippen LogP contribution in [0, 0.1) is 11.3 Å². The third-order valence-electron chi connectivity index (χ3n) is 7.00. The highest BCUT2D eigenvalue weighted by Crippen LogP contribution is 2.46. The summed E-state index contributed by atoms with van der Waals surface area (Å²) in [6.07, 6.45) is 2.21. The van der Waals surface area contributed by atoms with Crippen molar-refractivity contribution in [3.8, 4) is 0 Å². The molecule has 1 aromatic heterocycles. The third-order valence-corrected chi connectivity index (χ3v) is 7.93. The van der Waals surface area contributed by atoms with Gasteiger partial charge in [0.25, 0.3) is 5.91 Å². The van der Waals surface area contributed by atoms with Crippen LogP contribution in [0.2, 0.25) is 0 Å². The molecule has 1 aliphatic heterocycles. The van der Waals surface area contributed by atoms with Crippen LogP contribution >= 0.6 is 11.3 Å². The zero-order valence-electron chi connectivity index (χ0n) is 20.7. The van der Waals surface area contributed by atoms with Gasteiger partial charge in [-0.15, -0.1) is 11.3 Å². The van der Waals surface area contributed by atoms with Gasteiger partial charge in [-0.1, -0.05) is 65.0 Å². The molecule has 3 atom stereocenters. The second-order valence-corrected chi connectivity index (χ2v) is 12.1. The van der Waals surface area contributed by atoms with E-state index in [1.807, 2.05) is 29.6 Å². The average Bonchev–Trinajstić information content (AvgIpc) is 3.34. The summed E-state index contributed by atoms with van der Waals surface area (Å²) in [6, 6.07) is 11.4. The molecule has 2 heterocycles. The maximum atomic E-state index is 13.4. The van der Waals surface area contributed by atoms with Gasteiger partial charge in [-0.3, -0.25) is 14.5 Å². The predicted molar refractivity (Wildman–Crippen MR) is 135 cm³/mol. The summed E-state index contributed by atoms with van der Waals surface area (Å²) >= 11 is 1.57. The Morgan fingerprint density at radius 3 is 2.41 bits per heavy atom. The second-order valence-electron chi connectivity index (χ2n) is 11.1. The summed E-state index contributed by atoms with van der Waals surface area (Å²) in [4.78, 5) is 41.4. The maximum absolute atomic E-state index is 13.4. The summed E-state index contributed by atoms with van der Waals surface area (Å²) in [5, 5.41) is 7.99. The number of urea groups is 1. The Morgan fingerprint density at radius 1 is 1.15 bits per heavy atom. The molecule has 1 saturated carbocycles. The Labute approximate surface area is 206 Å². The van der Waals surface area contributed by atoms with Crippen molar-refractivity contribution >= 4 is 29.2 Å². The van der Waals surface area contributed by atoms with Crippen molar-refractivity contribution in [1.82, 2.24) is 15.5 Å². The van der Waals surface area contributed by atoms with Crippen molar-refractivity contribution < 1.29 is 14.4 Å². The first-order valence-corrected chi connectivity index (χ1v) is 12.9. The van der Waals surface area contributed by atoms with Crippen LogP contribution in [0.4, 0.5) is 4.79 Å². The lowest BCUT2D eigenvalue weighted by Gasteiger charge is -2.43. The van der Waals surface area contributed by atoms with E-state index in [-0.39, 0.29) is 29.8 Å². The Balaban J connectivity index is 1.51. The molecule has 2 fully saturated rings. The van der Waals surface area contributed by atoms with E-state index >= 15 is 0 Å². The van der Waals surface area contributed by atoms with Gasteiger partial charge in [0.15, 0.2) is 0 Å². The highest BCUT2D eigenvalue weighted by molar-refractivity contribution is 7.10. The summed E-state index contributed by atoms with van der Waals surface area (Å²) in [7, 11) is 0. The fourth-order valence-electron chi connectivity index (χ4n) is 5.85. The molecule has 2 aromatic rings. The zero-order chi connectivity index (χ0) is 24.7. The quantitative estimate of drug-likeness (QED) is 0.556. The molecule has 1 spiro atoms. The molecular formula is C27H35N3O3S. The van der Waals surface area contributed by atoms with Crippen molar-refractivity contribution in [2.24, 2.45) is 11.3 Å². The molecule has 2 N–H and O–H groups in total. The molecule has 0 radical (unpaired) electrons. The number of thiophene rings is 1. The fourth-order valence-corrected chi connectivity index (χ4v) is 6.65. The van der Waals surface area contributed by atoms with Crippen LogP contribution in [0.25, 0.3) is 0 Å². The van der Waals surface area contributed by atoms with Gasteiger partial charge in [-0.05, 0) is 59.1 Å². The monoisotopic (exact) mass is 481 g/mol. The van der Waals surface area contributed by atoms with E-state index in [0.717, 1.165) is 21.8 Å². The topological polar surface area (TPSA) is 78.5 Å². The number of hydrogen-bond acceptors (Lipinski definition) is 4. The number of nitrogens with one attached hydrogen (secondary N) is 2. The van der Waals surface area contributed by atoms with Crippen LogP contribution in [0.3, 0.4) is 0 Å². The molecule has 1 aromatic carbocycles. The lowest BCUT2D eigenvalue weighted by atomic mass is 9.64. The molecule has 1 aliphatic carbocycles. The van der Waals surface area contributed by atoms with Gasteiger partial charge in [-0.2, -0.15) is 0 Å². The van der Waals surface area contributed by atoms with Crippen molar-refractivity contribution in [2.75, 3.05) is 6.54 Å². The van der Waals surface area contributed by atoms with Gasteiger partial charge in [0, 0.05) is 4.88 Å². The van der Waals surface area contributed by atoms with E-state index in [9.17, 15) is 14.4 Å². The smallest absolute Gasteiger partial charge is 0.325 e. The molecular weight excluding hydrogens is 446 g/mol. The third kappa shape index (κ3) is 4.90. The summed E-state index contributed by atoms with van der Waals surface area (Å²) in [5.41, 5.74) is 1.25. The highest BCUT2D eigenvalue weighted by atomic mass is 32.1. The second kappa shape index (κ2) is 9.17. The standard InChI is InChI=1S/C27H35N3O3S/c1-17(2)19-8-10-20(11-9-19)23(21-7-6-12-34-21)28-22(31)15-30-24(32)27(29-25(30)33)14-18(3)13-26(4,5)16-27/h6-12,17-18,23H,13-16H2,1-5H3,(H,28,31)(H,29,33). The maximum Gasteiger partial charge on any atom is 0.325 e. The Bertz CT molecular complexity index is 1060. The van der Waals surface area contributed by atoms with E-state index in [1.54, 1.807) is 11.3 Å². The first-order chi connectivity index (χ1) is 16.0. The Morgan fingerprint density at radius 2 is 1.82 bits per heavy atom. The number of carbonyl (C=O) groups excluding carboxylic acids is 3. The van der Waals surface area contributed by atoms with Crippen molar-refractivity contribution in [3.05, 3.63) is 57.8 Å². The first kappa shape index (κ1) is 24.5. The molecule has 4 amide bonds. The van der Waals surface area contributed by atoms with Crippen molar-refractivity contribution in [1.29, 1.82) is 0 Å². The fraction of sp³-hybridized carbons (Fsp3) is 0.519. The van der Waals surface area contributed by atoms with Gasteiger partial charge in [0.2, 0.25) is 5.91 Å². The SMILES string of the molecule is CC1CC(C)(C)CC2(C1)NC(=O)N(CC(=O)NC(c1ccc(C(C)C)cc1)c1cccs1)C2=O. The highest BCUT2D eigenvalue weighted by Gasteiger charge is 2.56. The van der Waals surface area contributed by atoms with Crippen LogP contribution < -0.4 is 10.6 Å². The molecule has 1 saturated heterocycles. The van der Waals surface area contributed by atoms with E-state index in [0.29, 0.717) is 24.7 Å². The number of benzene rings is 1. The first-order valence-electron chi connectivity index (χ1n) is 12.1. The minimum Gasteiger partial charge on any atom is -0.343 e. The van der Waals surface area contributed by atoms with Crippen molar-refractivity contribution in [2.45, 2.75) is 71.4 Å². The largest absolute Gasteiger partial charge is 0.343 e. The number of hydrogen-bond donors (Lipinski definition) is 2. The number of nitrogens with zero attached hydrogens (tertiary/aromatic N) is 1. The van der Waals surface area contributed by atoms with E-state index in [2.05, 4.69) is 57.4 Å². The van der Waals surface area contributed by atoms with Crippen LogP contribution in [-0.2, 0) is 9.59 Å². The van der Waals surface area contributed by atoms with Gasteiger partial charge >= 0.3 is 6.03 Å². The number of amides is 4. The van der Waals surface area contributed by atoms with Crippen LogP contribution in [0.5, 0.6) is 0 Å². The summed E-state index contributed by atoms with van der Waals surface area (Å²) < 4.78 is 0. The zero-order valence-corrected chi connectivity index (χ0v) is 21.5. The average molecular weight is 482 g/mol. The number of rotatable bonds is 6. The van der Waals surface area contributed by atoms with E-state index in [4.69, 9.17) is 0 Å². The molecule has 34 heavy (non-hydrogen) atoms. The minimum atomic E-state index is -0.904. The molecule has 3 unspecified atom stereocenters. The van der Waals surface area contributed by atoms with E-state index < -0.39 is 11.6 Å². The van der Waals surface area contributed by atoms with Crippen LogP contribution in [0.1, 0.15) is 81.8 Å². The Hall–Kier alpha value is -2.67. The van der Waals surface area contributed by atoms with Crippen molar-refractivity contribution in [3.63, 3.8) is 0 Å². The van der Waals surface area contributed by atoms with E-state index in [1.165, 1.54) is 5.56 Å². The molecule has 2 aliphatic rings. The number of carbonyl (C=O) groups is 3. The van der Waals surface area contributed by atoms with Crippen LogP contribution in [0.15, 0.2) is 41.8 Å². The molecule has 0 bridgehead atoms. The lowest BCUT2D eigenvalue weighted by Crippen LogP contribution is -2.54.